The Morgan fingerprint density at radius 3 is 2.54 bits per heavy atom. The van der Waals surface area contributed by atoms with E-state index in [9.17, 15) is 15.0 Å². The SMILES string of the molecule is COc1cc2nc(C)nc(-c3cccc(C)c3)c2cc1[C@]1(O)CC[C@H](C(=O)N(C)CC(C)O)CC1. The molecular weight excluding hydrogens is 442 g/mol. The summed E-state index contributed by atoms with van der Waals surface area (Å²) >= 11 is 0. The number of benzene rings is 2. The van der Waals surface area contributed by atoms with Gasteiger partial charge in [0.2, 0.25) is 5.91 Å². The average Bonchev–Trinajstić information content (AvgIpc) is 2.82. The molecule has 1 amide bonds. The third kappa shape index (κ3) is 5.16. The molecule has 186 valence electrons. The fourth-order valence-corrected chi connectivity index (χ4v) is 5.23. The number of carbonyl (C=O) groups excluding carboxylic acids is 1. The molecule has 0 spiro atoms. The largest absolute Gasteiger partial charge is 0.496 e. The van der Waals surface area contributed by atoms with Gasteiger partial charge in [0.05, 0.1) is 30.0 Å². The van der Waals surface area contributed by atoms with Gasteiger partial charge in [0.15, 0.2) is 0 Å². The van der Waals surface area contributed by atoms with E-state index >= 15 is 0 Å². The van der Waals surface area contributed by atoms with E-state index in [2.05, 4.69) is 24.0 Å². The molecule has 1 aliphatic carbocycles. The molecule has 1 atom stereocenters. The maximum atomic E-state index is 12.8. The molecule has 2 N–H and O–H groups in total. The minimum atomic E-state index is -1.12. The number of aliphatic hydroxyl groups excluding tert-OH is 1. The van der Waals surface area contributed by atoms with Gasteiger partial charge in [-0.25, -0.2) is 9.97 Å². The molecule has 1 heterocycles. The molecule has 1 aromatic heterocycles. The van der Waals surface area contributed by atoms with Gasteiger partial charge >= 0.3 is 0 Å². The molecule has 35 heavy (non-hydrogen) atoms. The number of methoxy groups -OCH3 is 1. The van der Waals surface area contributed by atoms with Crippen molar-refractivity contribution in [2.75, 3.05) is 20.7 Å². The van der Waals surface area contributed by atoms with E-state index in [-0.39, 0.29) is 11.8 Å². The van der Waals surface area contributed by atoms with Gasteiger partial charge in [0.25, 0.3) is 0 Å². The Labute approximate surface area is 206 Å². The first-order chi connectivity index (χ1) is 16.6. The molecule has 1 unspecified atom stereocenters. The van der Waals surface area contributed by atoms with Gasteiger partial charge in [-0.3, -0.25) is 4.79 Å². The van der Waals surface area contributed by atoms with Crippen LogP contribution in [0.2, 0.25) is 0 Å². The zero-order chi connectivity index (χ0) is 25.3. The van der Waals surface area contributed by atoms with E-state index in [1.54, 1.807) is 26.0 Å². The molecule has 7 heteroatoms. The van der Waals surface area contributed by atoms with Crippen molar-refractivity contribution in [3.63, 3.8) is 0 Å². The number of aryl methyl sites for hydroxylation is 2. The van der Waals surface area contributed by atoms with Gasteiger partial charge in [-0.15, -0.1) is 0 Å². The zero-order valence-electron chi connectivity index (χ0n) is 21.2. The first-order valence-corrected chi connectivity index (χ1v) is 12.2. The normalized spacial score (nSPS) is 21.1. The van der Waals surface area contributed by atoms with E-state index in [0.717, 1.165) is 27.7 Å². The first kappa shape index (κ1) is 25.1. The third-order valence-corrected chi connectivity index (χ3v) is 7.00. The van der Waals surface area contributed by atoms with Crippen LogP contribution in [0.1, 0.15) is 49.6 Å². The fourth-order valence-electron chi connectivity index (χ4n) is 5.23. The second-order valence-electron chi connectivity index (χ2n) is 9.93. The number of nitrogens with zero attached hydrogens (tertiary/aromatic N) is 3. The molecule has 7 nitrogen and oxygen atoms in total. The molecule has 0 saturated heterocycles. The summed E-state index contributed by atoms with van der Waals surface area (Å²) in [4.78, 5) is 23.8. The van der Waals surface area contributed by atoms with Crippen molar-refractivity contribution in [1.29, 1.82) is 0 Å². The molecule has 1 aliphatic rings. The van der Waals surface area contributed by atoms with Crippen LogP contribution >= 0.6 is 0 Å². The second kappa shape index (κ2) is 9.91. The van der Waals surface area contributed by atoms with Gasteiger partial charge in [0.1, 0.15) is 11.6 Å². The highest BCUT2D eigenvalue weighted by Crippen LogP contribution is 2.45. The van der Waals surface area contributed by atoms with Crippen LogP contribution in [-0.2, 0) is 10.4 Å². The lowest BCUT2D eigenvalue weighted by atomic mass is 9.74. The lowest BCUT2D eigenvalue weighted by Crippen LogP contribution is -2.41. The predicted octanol–water partition coefficient (Wildman–Crippen LogP) is 4.14. The van der Waals surface area contributed by atoms with E-state index in [4.69, 9.17) is 9.72 Å². The van der Waals surface area contributed by atoms with E-state index in [1.165, 1.54) is 0 Å². The summed E-state index contributed by atoms with van der Waals surface area (Å²) in [5.74, 6) is 1.11. The van der Waals surface area contributed by atoms with Crippen LogP contribution in [0.3, 0.4) is 0 Å². The monoisotopic (exact) mass is 477 g/mol. The summed E-state index contributed by atoms with van der Waals surface area (Å²) in [5, 5.41) is 22.3. The fraction of sp³-hybridized carbons (Fsp3) is 0.464. The maximum absolute atomic E-state index is 12.8. The quantitative estimate of drug-likeness (QED) is 0.554. The Kier molecular flexibility index (Phi) is 7.10. The number of rotatable bonds is 6. The number of hydrogen-bond acceptors (Lipinski definition) is 6. The minimum absolute atomic E-state index is 0.0176. The number of hydrogen-bond donors (Lipinski definition) is 2. The van der Waals surface area contributed by atoms with Crippen molar-refractivity contribution in [3.05, 3.63) is 53.3 Å². The van der Waals surface area contributed by atoms with Crippen LogP contribution in [0, 0.1) is 19.8 Å². The summed E-state index contributed by atoms with van der Waals surface area (Å²) in [6.45, 7) is 5.90. The van der Waals surface area contributed by atoms with Crippen molar-refractivity contribution in [2.24, 2.45) is 5.92 Å². The summed E-state index contributed by atoms with van der Waals surface area (Å²) in [6.07, 6.45) is 1.45. The molecule has 1 fully saturated rings. The van der Waals surface area contributed by atoms with Crippen LogP contribution in [0.4, 0.5) is 0 Å². The van der Waals surface area contributed by atoms with Crippen molar-refractivity contribution in [3.8, 4) is 17.0 Å². The lowest BCUT2D eigenvalue weighted by molar-refractivity contribution is -0.138. The van der Waals surface area contributed by atoms with Gasteiger partial charge in [0, 0.05) is 42.1 Å². The van der Waals surface area contributed by atoms with E-state index < -0.39 is 11.7 Å². The van der Waals surface area contributed by atoms with Crippen LogP contribution in [0.25, 0.3) is 22.2 Å². The Bertz CT molecular complexity index is 1230. The highest BCUT2D eigenvalue weighted by Gasteiger charge is 2.40. The molecule has 0 radical (unpaired) electrons. The Balaban J connectivity index is 1.70. The van der Waals surface area contributed by atoms with Crippen molar-refractivity contribution in [2.45, 2.75) is 58.2 Å². The third-order valence-electron chi connectivity index (χ3n) is 7.00. The molecule has 0 aliphatic heterocycles. The summed E-state index contributed by atoms with van der Waals surface area (Å²) < 4.78 is 5.71. The topological polar surface area (TPSA) is 95.8 Å². The molecular formula is C28H35N3O4. The number of aromatic nitrogens is 2. The number of amides is 1. The molecule has 2 aromatic carbocycles. The minimum Gasteiger partial charge on any atom is -0.496 e. The Morgan fingerprint density at radius 2 is 1.91 bits per heavy atom. The highest BCUT2D eigenvalue weighted by atomic mass is 16.5. The van der Waals surface area contributed by atoms with Crippen LogP contribution in [0.5, 0.6) is 5.75 Å². The number of fused-ring (bicyclic) bond motifs is 1. The number of aliphatic hydroxyl groups is 2. The van der Waals surface area contributed by atoms with Crippen LogP contribution in [0.15, 0.2) is 36.4 Å². The van der Waals surface area contributed by atoms with Gasteiger partial charge < -0.3 is 19.8 Å². The average molecular weight is 478 g/mol. The Morgan fingerprint density at radius 1 is 1.20 bits per heavy atom. The molecule has 4 rings (SSSR count). The zero-order valence-corrected chi connectivity index (χ0v) is 21.2. The molecule has 3 aromatic rings. The van der Waals surface area contributed by atoms with Crippen LogP contribution in [-0.4, -0.2) is 57.8 Å². The first-order valence-electron chi connectivity index (χ1n) is 12.2. The second-order valence-corrected chi connectivity index (χ2v) is 9.93. The van der Waals surface area contributed by atoms with E-state index in [1.807, 2.05) is 31.2 Å². The van der Waals surface area contributed by atoms with Crippen molar-refractivity contribution >= 4 is 16.8 Å². The maximum Gasteiger partial charge on any atom is 0.225 e. The molecule has 1 saturated carbocycles. The smallest absolute Gasteiger partial charge is 0.225 e. The van der Waals surface area contributed by atoms with Gasteiger partial charge in [-0.2, -0.15) is 0 Å². The summed E-state index contributed by atoms with van der Waals surface area (Å²) in [6, 6.07) is 12.0. The van der Waals surface area contributed by atoms with Gasteiger partial charge in [-0.05, 0) is 58.6 Å². The highest BCUT2D eigenvalue weighted by molar-refractivity contribution is 5.94. The summed E-state index contributed by atoms with van der Waals surface area (Å²) in [5.41, 5.74) is 3.32. The Hall–Kier alpha value is -3.03. The predicted molar refractivity (Wildman–Crippen MR) is 136 cm³/mol. The number of ether oxygens (including phenoxy) is 1. The molecule has 0 bridgehead atoms. The van der Waals surface area contributed by atoms with E-state index in [0.29, 0.717) is 49.4 Å². The van der Waals surface area contributed by atoms with Crippen LogP contribution < -0.4 is 4.74 Å². The van der Waals surface area contributed by atoms with Gasteiger partial charge in [-0.1, -0.05) is 23.8 Å². The van der Waals surface area contributed by atoms with Crippen molar-refractivity contribution < 1.29 is 19.7 Å². The standard InChI is InChI=1S/C28H35N3O4/c1-17-7-6-8-21(13-17)26-22-14-23(25(35-5)15-24(22)29-19(3)30-26)28(34)11-9-20(10-12-28)27(33)31(4)16-18(2)32/h6-8,13-15,18,20,32,34H,9-12,16H2,1-5H3/t18?,20-,28-. The lowest BCUT2D eigenvalue weighted by Gasteiger charge is -2.38. The summed E-state index contributed by atoms with van der Waals surface area (Å²) in [7, 11) is 3.32. The number of likely N-dealkylation sites (N-methyl/N-ethyl adjacent to an activating group) is 1. The number of carbonyl (C=O) groups is 1. The van der Waals surface area contributed by atoms with Crippen molar-refractivity contribution in [1.82, 2.24) is 14.9 Å².